The maximum atomic E-state index is 2.34. The van der Waals surface area contributed by atoms with Crippen molar-refractivity contribution < 1.29 is 0 Å². The molecule has 0 saturated carbocycles. The Morgan fingerprint density at radius 3 is 2.82 bits per heavy atom. The molecule has 0 aromatic carbocycles. The van der Waals surface area contributed by atoms with Gasteiger partial charge in [-0.1, -0.05) is 18.6 Å². The Labute approximate surface area is 79.5 Å². The molecule has 0 aromatic rings. The van der Waals surface area contributed by atoms with Crippen LogP contribution in [0.4, 0.5) is 0 Å². The number of allylic oxidation sites excluding steroid dienone is 2. The Kier molecular flexibility index (Phi) is 5.30. The normalized spacial score (nSPS) is 15.8. The maximum absolute atomic E-state index is 2.34. The molecule has 2 heteroatoms. The van der Waals surface area contributed by atoms with Crippen molar-refractivity contribution >= 4 is 17.0 Å². The highest BCUT2D eigenvalue weighted by atomic mass is 79.9. The van der Waals surface area contributed by atoms with Gasteiger partial charge in [0.1, 0.15) is 0 Å². The minimum Gasteiger partial charge on any atom is -0.373 e. The van der Waals surface area contributed by atoms with Crippen LogP contribution in [-0.4, -0.2) is 18.0 Å². The molecular weight excluding hydrogens is 202 g/mol. The first-order valence-corrected chi connectivity index (χ1v) is 3.91. The van der Waals surface area contributed by atoms with Gasteiger partial charge in [0, 0.05) is 13.1 Å². The van der Waals surface area contributed by atoms with Crippen LogP contribution in [0.2, 0.25) is 0 Å². The standard InChI is InChI=1S/C9H15N.BrH/c1-3-6-10-7-4-5-9(2)8-10;/h4-5,7H,3,6,8H2,1-2H3;1H. The molecule has 1 rings (SSSR count). The van der Waals surface area contributed by atoms with Crippen LogP contribution < -0.4 is 0 Å². The van der Waals surface area contributed by atoms with Gasteiger partial charge < -0.3 is 4.90 Å². The summed E-state index contributed by atoms with van der Waals surface area (Å²) in [6.45, 7) is 6.68. The van der Waals surface area contributed by atoms with Crippen molar-refractivity contribution in [2.75, 3.05) is 13.1 Å². The zero-order valence-electron chi connectivity index (χ0n) is 7.21. The van der Waals surface area contributed by atoms with E-state index in [4.69, 9.17) is 0 Å². The van der Waals surface area contributed by atoms with Crippen LogP contribution in [0, 0.1) is 0 Å². The quantitative estimate of drug-likeness (QED) is 0.688. The van der Waals surface area contributed by atoms with Crippen LogP contribution in [-0.2, 0) is 0 Å². The van der Waals surface area contributed by atoms with Crippen molar-refractivity contribution in [3.05, 3.63) is 23.9 Å². The van der Waals surface area contributed by atoms with Crippen molar-refractivity contribution in [3.8, 4) is 0 Å². The van der Waals surface area contributed by atoms with E-state index >= 15 is 0 Å². The van der Waals surface area contributed by atoms with Gasteiger partial charge >= 0.3 is 0 Å². The lowest BCUT2D eigenvalue weighted by Gasteiger charge is -2.22. The van der Waals surface area contributed by atoms with E-state index in [1.165, 1.54) is 18.5 Å². The number of hydrogen-bond donors (Lipinski definition) is 0. The van der Waals surface area contributed by atoms with Crippen molar-refractivity contribution in [3.63, 3.8) is 0 Å². The molecular formula is C9H16BrN. The molecule has 0 aromatic heterocycles. The molecule has 64 valence electrons. The summed E-state index contributed by atoms with van der Waals surface area (Å²) in [6.07, 6.45) is 7.69. The zero-order chi connectivity index (χ0) is 7.40. The number of nitrogens with zero attached hydrogens (tertiary/aromatic N) is 1. The first-order chi connectivity index (χ1) is 4.83. The molecule has 0 unspecified atom stereocenters. The lowest BCUT2D eigenvalue weighted by atomic mass is 10.2. The topological polar surface area (TPSA) is 3.24 Å². The van der Waals surface area contributed by atoms with Crippen molar-refractivity contribution in [2.24, 2.45) is 0 Å². The molecule has 0 atom stereocenters. The van der Waals surface area contributed by atoms with Crippen molar-refractivity contribution in [1.29, 1.82) is 0 Å². The van der Waals surface area contributed by atoms with Crippen LogP contribution in [0.15, 0.2) is 23.9 Å². The molecule has 1 nitrogen and oxygen atoms in total. The Morgan fingerprint density at radius 2 is 2.27 bits per heavy atom. The van der Waals surface area contributed by atoms with Crippen LogP contribution >= 0.6 is 17.0 Å². The van der Waals surface area contributed by atoms with Gasteiger partial charge in [-0.25, -0.2) is 0 Å². The monoisotopic (exact) mass is 217 g/mol. The van der Waals surface area contributed by atoms with Crippen LogP contribution in [0.5, 0.6) is 0 Å². The second-order valence-electron chi connectivity index (χ2n) is 2.83. The van der Waals surface area contributed by atoms with E-state index < -0.39 is 0 Å². The average molecular weight is 218 g/mol. The zero-order valence-corrected chi connectivity index (χ0v) is 8.92. The Balaban J connectivity index is 0.000001000. The third kappa shape index (κ3) is 3.61. The SMILES string of the molecule is Br.CCCN1C=CC=C(C)C1. The third-order valence-electron chi connectivity index (χ3n) is 1.64. The molecule has 0 bridgehead atoms. The molecule has 11 heavy (non-hydrogen) atoms. The van der Waals surface area contributed by atoms with E-state index in [1.807, 2.05) is 0 Å². The fourth-order valence-electron chi connectivity index (χ4n) is 1.20. The highest BCUT2D eigenvalue weighted by Gasteiger charge is 2.00. The molecule has 0 radical (unpaired) electrons. The smallest absolute Gasteiger partial charge is 0.0383 e. The lowest BCUT2D eigenvalue weighted by Crippen LogP contribution is -2.21. The largest absolute Gasteiger partial charge is 0.373 e. The summed E-state index contributed by atoms with van der Waals surface area (Å²) in [5, 5.41) is 0. The molecule has 0 aliphatic carbocycles. The van der Waals surface area contributed by atoms with Crippen LogP contribution in [0.1, 0.15) is 20.3 Å². The van der Waals surface area contributed by atoms with Gasteiger partial charge in [-0.15, -0.1) is 17.0 Å². The van der Waals surface area contributed by atoms with E-state index in [9.17, 15) is 0 Å². The summed E-state index contributed by atoms with van der Waals surface area (Å²) in [7, 11) is 0. The van der Waals surface area contributed by atoms with E-state index in [-0.39, 0.29) is 17.0 Å². The van der Waals surface area contributed by atoms with Gasteiger partial charge in [-0.05, 0) is 25.6 Å². The predicted octanol–water partition coefficient (Wildman–Crippen LogP) is 2.75. The fraction of sp³-hybridized carbons (Fsp3) is 0.556. The average Bonchev–Trinajstić information content (AvgIpc) is 1.88. The molecule has 1 aliphatic heterocycles. The summed E-state index contributed by atoms with van der Waals surface area (Å²) < 4.78 is 0. The molecule has 0 amide bonds. The third-order valence-corrected chi connectivity index (χ3v) is 1.64. The molecule has 1 aliphatic rings. The van der Waals surface area contributed by atoms with Crippen LogP contribution in [0.3, 0.4) is 0 Å². The maximum Gasteiger partial charge on any atom is 0.0383 e. The van der Waals surface area contributed by atoms with Crippen LogP contribution in [0.25, 0.3) is 0 Å². The van der Waals surface area contributed by atoms with Gasteiger partial charge in [-0.2, -0.15) is 0 Å². The second kappa shape index (κ2) is 5.42. The number of rotatable bonds is 2. The van der Waals surface area contributed by atoms with Gasteiger partial charge in [-0.3, -0.25) is 0 Å². The summed E-state index contributed by atoms with van der Waals surface area (Å²) in [5.41, 5.74) is 1.45. The number of halogens is 1. The van der Waals surface area contributed by atoms with Gasteiger partial charge in [0.25, 0.3) is 0 Å². The molecule has 0 fully saturated rings. The Hall–Kier alpha value is -0.240. The van der Waals surface area contributed by atoms with E-state index in [0.717, 1.165) is 6.54 Å². The lowest BCUT2D eigenvalue weighted by molar-refractivity contribution is 0.401. The van der Waals surface area contributed by atoms with E-state index in [2.05, 4.69) is 37.1 Å². The van der Waals surface area contributed by atoms with Crippen molar-refractivity contribution in [1.82, 2.24) is 4.90 Å². The summed E-state index contributed by atoms with van der Waals surface area (Å²) >= 11 is 0. The highest BCUT2D eigenvalue weighted by Crippen LogP contribution is 2.05. The minimum absolute atomic E-state index is 0. The fourth-order valence-corrected chi connectivity index (χ4v) is 1.20. The first-order valence-electron chi connectivity index (χ1n) is 3.91. The van der Waals surface area contributed by atoms with Gasteiger partial charge in [0.15, 0.2) is 0 Å². The second-order valence-corrected chi connectivity index (χ2v) is 2.83. The summed E-state index contributed by atoms with van der Waals surface area (Å²) in [6, 6.07) is 0. The Morgan fingerprint density at radius 1 is 1.55 bits per heavy atom. The summed E-state index contributed by atoms with van der Waals surface area (Å²) in [5.74, 6) is 0. The van der Waals surface area contributed by atoms with Gasteiger partial charge in [0.05, 0.1) is 0 Å². The molecule has 0 saturated heterocycles. The minimum atomic E-state index is 0. The van der Waals surface area contributed by atoms with Gasteiger partial charge in [0.2, 0.25) is 0 Å². The first kappa shape index (κ1) is 10.8. The van der Waals surface area contributed by atoms with Crippen molar-refractivity contribution in [2.45, 2.75) is 20.3 Å². The van der Waals surface area contributed by atoms with E-state index in [0.29, 0.717) is 0 Å². The molecule has 0 N–H and O–H groups in total. The molecule has 1 heterocycles. The Bertz CT molecular complexity index is 161. The summed E-state index contributed by atoms with van der Waals surface area (Å²) in [4.78, 5) is 2.34. The van der Waals surface area contributed by atoms with E-state index in [1.54, 1.807) is 0 Å². The highest BCUT2D eigenvalue weighted by molar-refractivity contribution is 8.93. The predicted molar refractivity (Wildman–Crippen MR) is 55.1 cm³/mol. The number of hydrogen-bond acceptors (Lipinski definition) is 1. The molecule has 0 spiro atoms.